The Labute approximate surface area is 155 Å². The van der Waals surface area contributed by atoms with Gasteiger partial charge >= 0.3 is 0 Å². The van der Waals surface area contributed by atoms with Gasteiger partial charge in [0.15, 0.2) is 5.75 Å². The van der Waals surface area contributed by atoms with Crippen molar-refractivity contribution in [2.24, 2.45) is 0 Å². The molecule has 1 aromatic rings. The molecule has 26 heavy (non-hydrogen) atoms. The third-order valence-electron chi connectivity index (χ3n) is 5.11. The highest BCUT2D eigenvalue weighted by Crippen LogP contribution is 2.40. The summed E-state index contributed by atoms with van der Waals surface area (Å²) in [5.74, 6) is 0.887. The summed E-state index contributed by atoms with van der Waals surface area (Å²) in [6.45, 7) is 10.1. The summed E-state index contributed by atoms with van der Waals surface area (Å²) in [5.41, 5.74) is 0. The summed E-state index contributed by atoms with van der Waals surface area (Å²) >= 11 is 0. The van der Waals surface area contributed by atoms with Gasteiger partial charge in [-0.3, -0.25) is 0 Å². The van der Waals surface area contributed by atoms with Crippen LogP contribution in [-0.2, 0) is 4.74 Å². The molecule has 0 aromatic heterocycles. The van der Waals surface area contributed by atoms with Crippen molar-refractivity contribution in [1.82, 2.24) is 0 Å². The lowest BCUT2D eigenvalue weighted by molar-refractivity contribution is -0.277. The van der Waals surface area contributed by atoms with E-state index < -0.39 is 45.6 Å². The zero-order valence-electron chi connectivity index (χ0n) is 15.9. The van der Waals surface area contributed by atoms with E-state index in [4.69, 9.17) is 13.9 Å². The summed E-state index contributed by atoms with van der Waals surface area (Å²) in [5, 5.41) is 39.2. The standard InChI is InChI=1S/C18H30O7Si/c1-18(2,3)26(4,5)25-12-9-7-6-8-11(12)23-17-16(22)15(21)14(20)13(10-19)24-17/h6-9,13-17,19-22H,10H2,1-5H3/t13-,14+,15+,16-,17-/m1/s1. The van der Waals surface area contributed by atoms with E-state index in [1.807, 2.05) is 6.07 Å². The van der Waals surface area contributed by atoms with E-state index in [-0.39, 0.29) is 5.04 Å². The molecule has 7 nitrogen and oxygen atoms in total. The molecule has 0 unspecified atom stereocenters. The Bertz CT molecular complexity index is 599. The quantitative estimate of drug-likeness (QED) is 0.564. The van der Waals surface area contributed by atoms with Crippen LogP contribution in [0.2, 0.25) is 18.1 Å². The largest absolute Gasteiger partial charge is 0.541 e. The van der Waals surface area contributed by atoms with Crippen molar-refractivity contribution in [3.63, 3.8) is 0 Å². The minimum Gasteiger partial charge on any atom is -0.541 e. The van der Waals surface area contributed by atoms with E-state index in [9.17, 15) is 20.4 Å². The fourth-order valence-electron chi connectivity index (χ4n) is 2.35. The Morgan fingerprint density at radius 3 is 2.12 bits per heavy atom. The van der Waals surface area contributed by atoms with E-state index in [0.29, 0.717) is 11.5 Å². The van der Waals surface area contributed by atoms with Crippen molar-refractivity contribution in [2.45, 2.75) is 69.6 Å². The second-order valence-corrected chi connectivity index (χ2v) is 12.8. The van der Waals surface area contributed by atoms with E-state index in [1.165, 1.54) is 0 Å². The number of benzene rings is 1. The topological polar surface area (TPSA) is 109 Å². The molecule has 1 aliphatic heterocycles. The molecule has 0 spiro atoms. The van der Waals surface area contributed by atoms with Crippen molar-refractivity contribution in [1.29, 1.82) is 0 Å². The summed E-state index contributed by atoms with van der Waals surface area (Å²) in [6, 6.07) is 7.05. The molecule has 4 N–H and O–H groups in total. The van der Waals surface area contributed by atoms with Crippen LogP contribution in [0, 0.1) is 0 Å². The summed E-state index contributed by atoms with van der Waals surface area (Å²) < 4.78 is 17.5. The predicted molar refractivity (Wildman–Crippen MR) is 98.7 cm³/mol. The SMILES string of the molecule is CC(C)(C)[Si](C)(C)Oc1ccccc1O[C@@H]1O[C@H](CO)[C@H](O)[C@H](O)[C@H]1O. The zero-order valence-corrected chi connectivity index (χ0v) is 16.9. The number of aliphatic hydroxyl groups is 4. The molecule has 1 aliphatic rings. The average molecular weight is 387 g/mol. The molecule has 1 saturated heterocycles. The first-order valence-corrected chi connectivity index (χ1v) is 11.6. The van der Waals surface area contributed by atoms with Crippen LogP contribution in [-0.4, -0.2) is 66.1 Å². The molecule has 1 aromatic carbocycles. The van der Waals surface area contributed by atoms with Gasteiger partial charge in [0, 0.05) is 0 Å². The third-order valence-corrected chi connectivity index (χ3v) is 9.45. The van der Waals surface area contributed by atoms with Crippen LogP contribution < -0.4 is 9.16 Å². The number of rotatable bonds is 5. The average Bonchev–Trinajstić information content (AvgIpc) is 2.55. The molecule has 8 heteroatoms. The van der Waals surface area contributed by atoms with Gasteiger partial charge in [0.1, 0.15) is 30.2 Å². The van der Waals surface area contributed by atoms with Gasteiger partial charge in [-0.2, -0.15) is 0 Å². The summed E-state index contributed by atoms with van der Waals surface area (Å²) in [4.78, 5) is 0. The van der Waals surface area contributed by atoms with Crippen LogP contribution in [0.25, 0.3) is 0 Å². The molecule has 0 radical (unpaired) electrons. The first-order chi connectivity index (χ1) is 12.0. The lowest BCUT2D eigenvalue weighted by Gasteiger charge is -2.40. The van der Waals surface area contributed by atoms with E-state index in [0.717, 1.165) is 0 Å². The van der Waals surface area contributed by atoms with Gasteiger partial charge in [-0.15, -0.1) is 0 Å². The van der Waals surface area contributed by atoms with Crippen LogP contribution in [0.15, 0.2) is 24.3 Å². The molecule has 0 amide bonds. The van der Waals surface area contributed by atoms with Crippen LogP contribution in [0.4, 0.5) is 0 Å². The van der Waals surface area contributed by atoms with Crippen molar-refractivity contribution >= 4 is 8.32 Å². The Kier molecular flexibility index (Phi) is 6.37. The van der Waals surface area contributed by atoms with Crippen molar-refractivity contribution < 1.29 is 34.3 Å². The van der Waals surface area contributed by atoms with Gasteiger partial charge in [0.2, 0.25) is 6.29 Å². The Morgan fingerprint density at radius 1 is 1.00 bits per heavy atom. The second kappa shape index (κ2) is 7.83. The highest BCUT2D eigenvalue weighted by molar-refractivity contribution is 6.74. The molecule has 5 atom stereocenters. The summed E-state index contributed by atoms with van der Waals surface area (Å²) in [7, 11) is -2.12. The second-order valence-electron chi connectivity index (χ2n) is 8.12. The van der Waals surface area contributed by atoms with Crippen LogP contribution in [0.3, 0.4) is 0 Å². The maximum Gasteiger partial charge on any atom is 0.250 e. The molecule has 148 valence electrons. The Balaban J connectivity index is 2.22. The first kappa shape index (κ1) is 21.1. The van der Waals surface area contributed by atoms with E-state index in [1.54, 1.807) is 18.2 Å². The lowest BCUT2D eigenvalue weighted by Crippen LogP contribution is -2.60. The van der Waals surface area contributed by atoms with E-state index in [2.05, 4.69) is 33.9 Å². The van der Waals surface area contributed by atoms with Crippen molar-refractivity contribution in [3.05, 3.63) is 24.3 Å². The smallest absolute Gasteiger partial charge is 0.250 e. The predicted octanol–water partition coefficient (Wildman–Crippen LogP) is 1.25. The molecule has 0 bridgehead atoms. The van der Waals surface area contributed by atoms with Crippen LogP contribution in [0.1, 0.15) is 20.8 Å². The molecular formula is C18H30O7Si. The molecule has 0 saturated carbocycles. The van der Waals surface area contributed by atoms with E-state index >= 15 is 0 Å². The number of ether oxygens (including phenoxy) is 2. The van der Waals surface area contributed by atoms with Gasteiger partial charge in [0.05, 0.1) is 6.61 Å². The molecule has 0 aliphatic carbocycles. The minimum atomic E-state index is -2.12. The zero-order chi connectivity index (χ0) is 19.7. The number of para-hydroxylation sites is 2. The molecule has 1 fully saturated rings. The monoisotopic (exact) mass is 386 g/mol. The number of hydrogen-bond acceptors (Lipinski definition) is 7. The fourth-order valence-corrected chi connectivity index (χ4v) is 3.37. The number of hydrogen-bond donors (Lipinski definition) is 4. The normalized spacial score (nSPS) is 30.1. The Morgan fingerprint density at radius 2 is 1.58 bits per heavy atom. The number of aliphatic hydroxyl groups excluding tert-OH is 4. The highest BCUT2D eigenvalue weighted by Gasteiger charge is 2.45. The highest BCUT2D eigenvalue weighted by atomic mass is 28.4. The Hall–Kier alpha value is -1.16. The minimum absolute atomic E-state index is 0.0107. The maximum atomic E-state index is 10.2. The molecule has 2 rings (SSSR count). The van der Waals surface area contributed by atoms with Gasteiger partial charge in [-0.25, -0.2) is 0 Å². The van der Waals surface area contributed by atoms with Gasteiger partial charge in [-0.05, 0) is 30.3 Å². The van der Waals surface area contributed by atoms with Gasteiger partial charge in [0.25, 0.3) is 8.32 Å². The summed E-state index contributed by atoms with van der Waals surface area (Å²) in [6.07, 6.45) is -6.64. The van der Waals surface area contributed by atoms with Crippen molar-refractivity contribution in [3.8, 4) is 11.5 Å². The van der Waals surface area contributed by atoms with Crippen LogP contribution >= 0.6 is 0 Å². The van der Waals surface area contributed by atoms with Crippen LogP contribution in [0.5, 0.6) is 11.5 Å². The molecule has 1 heterocycles. The van der Waals surface area contributed by atoms with Gasteiger partial charge < -0.3 is 34.3 Å². The maximum absolute atomic E-state index is 10.2. The first-order valence-electron chi connectivity index (χ1n) is 8.73. The molecular weight excluding hydrogens is 356 g/mol. The van der Waals surface area contributed by atoms with Crippen molar-refractivity contribution in [2.75, 3.05) is 6.61 Å². The fraction of sp³-hybridized carbons (Fsp3) is 0.667. The third kappa shape index (κ3) is 4.38. The van der Waals surface area contributed by atoms with Gasteiger partial charge in [-0.1, -0.05) is 32.9 Å². The lowest BCUT2D eigenvalue weighted by atomic mass is 9.99.